The van der Waals surface area contributed by atoms with Gasteiger partial charge in [0.15, 0.2) is 0 Å². The molecule has 18 heavy (non-hydrogen) atoms. The first-order valence-electron chi connectivity index (χ1n) is 4.76. The Bertz CT molecular complexity index is 575. The minimum Gasteiger partial charge on any atom is -0.479 e. The molecule has 2 rings (SSSR count). The molecule has 1 aromatic heterocycles. The van der Waals surface area contributed by atoms with Gasteiger partial charge in [0.1, 0.15) is 0 Å². The third-order valence-electron chi connectivity index (χ3n) is 2.10. The zero-order chi connectivity index (χ0) is 13.3. The molecular formula is C11H6F3NO3. The molecule has 0 bridgehead atoms. The fourth-order valence-electron chi connectivity index (χ4n) is 1.30. The minimum atomic E-state index is -5.11. The summed E-state index contributed by atoms with van der Waals surface area (Å²) in [4.78, 5) is 14.3. The number of hydrogen-bond donors (Lipinski definition) is 1. The second-order valence-electron chi connectivity index (χ2n) is 3.37. The fraction of sp³-hybridized carbons (Fsp3) is 0.0909. The van der Waals surface area contributed by atoms with E-state index in [0.717, 1.165) is 0 Å². The van der Waals surface area contributed by atoms with E-state index in [4.69, 9.17) is 0 Å². The summed E-state index contributed by atoms with van der Waals surface area (Å²) in [6, 6.07) is 7.96. The molecule has 0 radical (unpaired) electrons. The van der Waals surface area contributed by atoms with Gasteiger partial charge in [-0.05, 0) is 12.1 Å². The zero-order valence-electron chi connectivity index (χ0n) is 8.73. The monoisotopic (exact) mass is 257 g/mol. The number of aromatic hydroxyl groups is 1. The maximum Gasteiger partial charge on any atom is 0.456 e. The third-order valence-corrected chi connectivity index (χ3v) is 2.10. The van der Waals surface area contributed by atoms with Gasteiger partial charge in [-0.25, -0.2) is 4.98 Å². The number of alkyl halides is 3. The number of hydrogen-bond acceptors (Lipinski definition) is 4. The fourth-order valence-corrected chi connectivity index (χ4v) is 1.30. The van der Waals surface area contributed by atoms with E-state index in [1.807, 2.05) is 0 Å². The van der Waals surface area contributed by atoms with Crippen LogP contribution in [0.2, 0.25) is 0 Å². The molecule has 0 aliphatic heterocycles. The molecule has 0 saturated heterocycles. The number of rotatable bonds is 2. The molecule has 0 unspecified atom stereocenters. The van der Waals surface area contributed by atoms with Crippen LogP contribution >= 0.6 is 0 Å². The van der Waals surface area contributed by atoms with E-state index in [1.54, 1.807) is 18.2 Å². The van der Waals surface area contributed by atoms with Crippen LogP contribution in [0.15, 0.2) is 34.7 Å². The minimum absolute atomic E-state index is 0.249. The number of Topliss-reactive ketones (excluding diaryl/α,β-unsaturated/α-hetero) is 1. The lowest BCUT2D eigenvalue weighted by atomic mass is 10.2. The van der Waals surface area contributed by atoms with E-state index in [-0.39, 0.29) is 5.89 Å². The van der Waals surface area contributed by atoms with Gasteiger partial charge in [0.25, 0.3) is 5.78 Å². The standard InChI is InChI=1S/C11H6F3NO3/c12-11(13,14)8(16)7-10(17)18-9(15-7)6-4-2-1-3-5-6/h1-5,17H. The molecule has 0 fully saturated rings. The molecule has 2 aromatic rings. The highest BCUT2D eigenvalue weighted by Gasteiger charge is 2.43. The SMILES string of the molecule is O=C(c1nc(-c2ccccc2)oc1O)C(F)(F)F. The highest BCUT2D eigenvalue weighted by molar-refractivity contribution is 6.00. The van der Waals surface area contributed by atoms with E-state index >= 15 is 0 Å². The summed E-state index contributed by atoms with van der Waals surface area (Å²) in [6.07, 6.45) is -5.11. The highest BCUT2D eigenvalue weighted by atomic mass is 19.4. The van der Waals surface area contributed by atoms with E-state index < -0.39 is 23.6 Å². The van der Waals surface area contributed by atoms with Crippen LogP contribution < -0.4 is 0 Å². The number of ketones is 1. The smallest absolute Gasteiger partial charge is 0.456 e. The average molecular weight is 257 g/mol. The van der Waals surface area contributed by atoms with Gasteiger partial charge < -0.3 is 9.52 Å². The predicted octanol–water partition coefficient (Wildman–Crippen LogP) is 2.79. The molecule has 0 saturated carbocycles. The third kappa shape index (κ3) is 2.20. The zero-order valence-corrected chi connectivity index (χ0v) is 8.73. The highest BCUT2D eigenvalue weighted by Crippen LogP contribution is 2.30. The molecule has 0 aliphatic carbocycles. The van der Waals surface area contributed by atoms with E-state index in [1.165, 1.54) is 12.1 Å². The molecule has 4 nitrogen and oxygen atoms in total. The largest absolute Gasteiger partial charge is 0.479 e. The van der Waals surface area contributed by atoms with Crippen LogP contribution in [-0.4, -0.2) is 22.1 Å². The van der Waals surface area contributed by atoms with Crippen molar-refractivity contribution in [3.8, 4) is 17.4 Å². The lowest BCUT2D eigenvalue weighted by Gasteiger charge is -2.00. The van der Waals surface area contributed by atoms with Gasteiger partial charge >= 0.3 is 12.1 Å². The quantitative estimate of drug-likeness (QED) is 0.840. The topological polar surface area (TPSA) is 63.3 Å². The number of halogens is 3. The normalized spacial score (nSPS) is 11.5. The van der Waals surface area contributed by atoms with Crippen LogP contribution in [-0.2, 0) is 0 Å². The Labute approximate surface area is 98.7 Å². The summed E-state index contributed by atoms with van der Waals surface area (Å²) < 4.78 is 41.2. The number of carbonyl (C=O) groups is 1. The van der Waals surface area contributed by atoms with Crippen molar-refractivity contribution in [1.29, 1.82) is 0 Å². The predicted molar refractivity (Wildman–Crippen MR) is 54.0 cm³/mol. The van der Waals surface area contributed by atoms with E-state index in [0.29, 0.717) is 5.56 Å². The van der Waals surface area contributed by atoms with Crippen molar-refractivity contribution in [2.45, 2.75) is 6.18 Å². The number of oxazole rings is 1. The van der Waals surface area contributed by atoms with Crippen molar-refractivity contribution in [3.63, 3.8) is 0 Å². The van der Waals surface area contributed by atoms with Crippen molar-refractivity contribution < 1.29 is 27.5 Å². The van der Waals surface area contributed by atoms with Crippen LogP contribution in [0.3, 0.4) is 0 Å². The first-order chi connectivity index (χ1) is 8.39. The lowest BCUT2D eigenvalue weighted by Crippen LogP contribution is -2.23. The van der Waals surface area contributed by atoms with Crippen molar-refractivity contribution in [1.82, 2.24) is 4.98 Å². The number of aromatic nitrogens is 1. The molecule has 0 aliphatic rings. The molecule has 0 atom stereocenters. The van der Waals surface area contributed by atoms with Crippen molar-refractivity contribution in [3.05, 3.63) is 36.0 Å². The number of nitrogens with zero attached hydrogens (tertiary/aromatic N) is 1. The van der Waals surface area contributed by atoms with Crippen LogP contribution in [0.25, 0.3) is 11.5 Å². The van der Waals surface area contributed by atoms with E-state index in [2.05, 4.69) is 9.40 Å². The molecule has 1 N–H and O–H groups in total. The first kappa shape index (κ1) is 12.2. The van der Waals surface area contributed by atoms with Gasteiger partial charge in [0.05, 0.1) is 0 Å². The Morgan fingerprint density at radius 2 is 1.83 bits per heavy atom. The molecular weight excluding hydrogens is 251 g/mol. The number of benzene rings is 1. The lowest BCUT2D eigenvalue weighted by molar-refractivity contribution is -0.0890. The Morgan fingerprint density at radius 3 is 2.39 bits per heavy atom. The maximum atomic E-state index is 12.2. The van der Waals surface area contributed by atoms with Gasteiger partial charge in [0.2, 0.25) is 11.6 Å². The Balaban J connectivity index is 2.43. The average Bonchev–Trinajstić information content (AvgIpc) is 2.70. The molecule has 0 amide bonds. The van der Waals surface area contributed by atoms with Gasteiger partial charge in [-0.1, -0.05) is 18.2 Å². The summed E-state index contributed by atoms with van der Waals surface area (Å²) in [5, 5.41) is 9.18. The molecule has 94 valence electrons. The van der Waals surface area contributed by atoms with Crippen LogP contribution in [0.4, 0.5) is 13.2 Å². The summed E-state index contributed by atoms with van der Waals surface area (Å²) in [5.41, 5.74) is -0.782. The van der Waals surface area contributed by atoms with Gasteiger partial charge in [-0.2, -0.15) is 13.2 Å². The molecule has 1 heterocycles. The summed E-state index contributed by atoms with van der Waals surface area (Å²) in [6.45, 7) is 0. The van der Waals surface area contributed by atoms with Crippen molar-refractivity contribution in [2.75, 3.05) is 0 Å². The van der Waals surface area contributed by atoms with Crippen LogP contribution in [0.5, 0.6) is 5.95 Å². The Kier molecular flexibility index (Phi) is 2.82. The summed E-state index contributed by atoms with van der Waals surface area (Å²) in [7, 11) is 0. The van der Waals surface area contributed by atoms with Gasteiger partial charge in [0, 0.05) is 5.56 Å². The van der Waals surface area contributed by atoms with Crippen LogP contribution in [0, 0.1) is 0 Å². The van der Waals surface area contributed by atoms with Crippen molar-refractivity contribution >= 4 is 5.78 Å². The second kappa shape index (κ2) is 4.17. The van der Waals surface area contributed by atoms with E-state index in [9.17, 15) is 23.1 Å². The molecule has 0 spiro atoms. The number of carbonyl (C=O) groups excluding carboxylic acids is 1. The van der Waals surface area contributed by atoms with Gasteiger partial charge in [-0.3, -0.25) is 4.79 Å². The summed E-state index contributed by atoms with van der Waals surface area (Å²) in [5.74, 6) is -3.64. The molecule has 7 heteroatoms. The Morgan fingerprint density at radius 1 is 1.22 bits per heavy atom. The van der Waals surface area contributed by atoms with Crippen molar-refractivity contribution in [2.24, 2.45) is 0 Å². The Hall–Kier alpha value is -2.31. The van der Waals surface area contributed by atoms with Crippen LogP contribution in [0.1, 0.15) is 10.5 Å². The van der Waals surface area contributed by atoms with Gasteiger partial charge in [-0.15, -0.1) is 0 Å². The second-order valence-corrected chi connectivity index (χ2v) is 3.37. The molecule has 1 aromatic carbocycles. The summed E-state index contributed by atoms with van der Waals surface area (Å²) >= 11 is 0. The maximum absolute atomic E-state index is 12.2. The first-order valence-corrected chi connectivity index (χ1v) is 4.76.